The first-order chi connectivity index (χ1) is 11.0. The van der Waals surface area contributed by atoms with Crippen molar-refractivity contribution in [3.63, 3.8) is 0 Å². The molecule has 0 fully saturated rings. The van der Waals surface area contributed by atoms with Crippen LogP contribution in [-0.2, 0) is 16.6 Å². The standard InChI is InChI=1S/C15H11F2N3O3/c1-20-8-9(7-18-20)6-12-14(21)23-13(19-12)10-2-4-11(5-3-10)22-15(16)17/h2-8,15H,1H3. The summed E-state index contributed by atoms with van der Waals surface area (Å²) in [7, 11) is 1.76. The second kappa shape index (κ2) is 5.99. The quantitative estimate of drug-likeness (QED) is 0.641. The van der Waals surface area contributed by atoms with Crippen LogP contribution in [0.2, 0.25) is 0 Å². The molecule has 2 heterocycles. The molecule has 2 aromatic rings. The lowest BCUT2D eigenvalue weighted by Crippen LogP contribution is -2.06. The van der Waals surface area contributed by atoms with Crippen molar-refractivity contribution in [2.45, 2.75) is 6.61 Å². The molecule has 0 radical (unpaired) electrons. The second-order valence-corrected chi connectivity index (χ2v) is 4.69. The first-order valence-electron chi connectivity index (χ1n) is 6.58. The lowest BCUT2D eigenvalue weighted by molar-refractivity contribution is -0.129. The summed E-state index contributed by atoms with van der Waals surface area (Å²) in [5.41, 5.74) is 1.33. The molecule has 0 saturated carbocycles. The molecular weight excluding hydrogens is 308 g/mol. The number of benzene rings is 1. The molecule has 0 N–H and O–H groups in total. The SMILES string of the molecule is Cn1cc(C=C2N=C(c3ccc(OC(F)F)cc3)OC2=O)cn1. The number of aryl methyl sites for hydroxylation is 1. The van der Waals surface area contributed by atoms with E-state index in [0.717, 1.165) is 0 Å². The van der Waals surface area contributed by atoms with Crippen molar-refractivity contribution in [3.8, 4) is 5.75 Å². The van der Waals surface area contributed by atoms with Crippen LogP contribution in [0.1, 0.15) is 11.1 Å². The summed E-state index contributed by atoms with van der Waals surface area (Å²) >= 11 is 0. The van der Waals surface area contributed by atoms with E-state index in [1.807, 2.05) is 0 Å². The van der Waals surface area contributed by atoms with Gasteiger partial charge >= 0.3 is 12.6 Å². The van der Waals surface area contributed by atoms with Crippen LogP contribution in [0.5, 0.6) is 5.75 Å². The maximum Gasteiger partial charge on any atom is 0.387 e. The molecule has 0 aliphatic carbocycles. The predicted octanol–water partition coefficient (Wildman–Crippen LogP) is 2.37. The van der Waals surface area contributed by atoms with Gasteiger partial charge in [0, 0.05) is 24.4 Å². The number of ether oxygens (including phenoxy) is 2. The van der Waals surface area contributed by atoms with Crippen molar-refractivity contribution in [2.75, 3.05) is 0 Å². The number of rotatable bonds is 4. The fourth-order valence-electron chi connectivity index (χ4n) is 1.98. The minimum atomic E-state index is -2.89. The summed E-state index contributed by atoms with van der Waals surface area (Å²) in [4.78, 5) is 15.9. The van der Waals surface area contributed by atoms with Gasteiger partial charge < -0.3 is 9.47 Å². The highest BCUT2D eigenvalue weighted by Crippen LogP contribution is 2.21. The van der Waals surface area contributed by atoms with E-state index in [9.17, 15) is 13.6 Å². The molecule has 6 nitrogen and oxygen atoms in total. The maximum atomic E-state index is 12.1. The van der Waals surface area contributed by atoms with E-state index >= 15 is 0 Å². The topological polar surface area (TPSA) is 65.7 Å². The smallest absolute Gasteiger partial charge is 0.387 e. The minimum absolute atomic E-state index is 0.0137. The Hall–Kier alpha value is -3.03. The van der Waals surface area contributed by atoms with Crippen LogP contribution in [0.3, 0.4) is 0 Å². The molecule has 0 amide bonds. The monoisotopic (exact) mass is 319 g/mol. The lowest BCUT2D eigenvalue weighted by atomic mass is 10.2. The molecule has 118 valence electrons. The summed E-state index contributed by atoms with van der Waals surface area (Å²) in [6.45, 7) is -2.89. The van der Waals surface area contributed by atoms with E-state index in [2.05, 4.69) is 14.8 Å². The van der Waals surface area contributed by atoms with Crippen molar-refractivity contribution in [1.29, 1.82) is 0 Å². The third-order valence-corrected chi connectivity index (χ3v) is 2.98. The summed E-state index contributed by atoms with van der Waals surface area (Å²) < 4.78 is 35.1. The molecule has 0 unspecified atom stereocenters. The van der Waals surface area contributed by atoms with Gasteiger partial charge in [-0.3, -0.25) is 4.68 Å². The van der Waals surface area contributed by atoms with Crippen LogP contribution < -0.4 is 4.74 Å². The average molecular weight is 319 g/mol. The number of cyclic esters (lactones) is 1. The number of esters is 1. The largest absolute Gasteiger partial charge is 0.435 e. The number of carbonyl (C=O) groups is 1. The minimum Gasteiger partial charge on any atom is -0.435 e. The van der Waals surface area contributed by atoms with Crippen molar-refractivity contribution >= 4 is 17.9 Å². The Morgan fingerprint density at radius 1 is 1.30 bits per heavy atom. The molecule has 23 heavy (non-hydrogen) atoms. The number of alkyl halides is 2. The number of halogens is 2. The highest BCUT2D eigenvalue weighted by molar-refractivity contribution is 6.12. The first kappa shape index (κ1) is 14.9. The number of aliphatic imine (C=N–C) groups is 1. The lowest BCUT2D eigenvalue weighted by Gasteiger charge is -2.04. The predicted molar refractivity (Wildman–Crippen MR) is 76.9 cm³/mol. The zero-order chi connectivity index (χ0) is 16.4. The Morgan fingerprint density at radius 2 is 2.04 bits per heavy atom. The van der Waals surface area contributed by atoms with Crippen molar-refractivity contribution in [3.05, 3.63) is 53.5 Å². The molecule has 1 aromatic carbocycles. The molecular formula is C15H11F2N3O3. The molecule has 0 bridgehead atoms. The van der Waals surface area contributed by atoms with E-state index in [1.165, 1.54) is 24.3 Å². The van der Waals surface area contributed by atoms with Crippen LogP contribution in [-0.4, -0.2) is 28.3 Å². The van der Waals surface area contributed by atoms with Gasteiger partial charge in [-0.25, -0.2) is 9.79 Å². The fraction of sp³-hybridized carbons (Fsp3) is 0.133. The van der Waals surface area contributed by atoms with Crippen molar-refractivity contribution in [1.82, 2.24) is 9.78 Å². The van der Waals surface area contributed by atoms with Crippen molar-refractivity contribution in [2.24, 2.45) is 12.0 Å². The van der Waals surface area contributed by atoms with E-state index in [0.29, 0.717) is 11.1 Å². The van der Waals surface area contributed by atoms with Gasteiger partial charge in [0.15, 0.2) is 5.70 Å². The Balaban J connectivity index is 1.82. The van der Waals surface area contributed by atoms with Crippen LogP contribution in [0, 0.1) is 0 Å². The van der Waals surface area contributed by atoms with E-state index < -0.39 is 12.6 Å². The molecule has 1 aliphatic heterocycles. The Labute approximate surface area is 129 Å². The highest BCUT2D eigenvalue weighted by Gasteiger charge is 2.24. The van der Waals surface area contributed by atoms with Gasteiger partial charge in [0.2, 0.25) is 5.90 Å². The van der Waals surface area contributed by atoms with E-state index in [1.54, 1.807) is 30.2 Å². The number of aromatic nitrogens is 2. The number of nitrogens with zero attached hydrogens (tertiary/aromatic N) is 3. The van der Waals surface area contributed by atoms with Crippen LogP contribution in [0.15, 0.2) is 47.3 Å². The van der Waals surface area contributed by atoms with Gasteiger partial charge in [-0.2, -0.15) is 13.9 Å². The molecule has 3 rings (SSSR count). The summed E-state index contributed by atoms with van der Waals surface area (Å²) in [6.07, 6.45) is 4.87. The third-order valence-electron chi connectivity index (χ3n) is 2.98. The zero-order valence-electron chi connectivity index (χ0n) is 11.9. The fourth-order valence-corrected chi connectivity index (χ4v) is 1.98. The molecule has 0 spiro atoms. The Kier molecular flexibility index (Phi) is 3.88. The van der Waals surface area contributed by atoms with Crippen LogP contribution >= 0.6 is 0 Å². The summed E-state index contributed by atoms with van der Waals surface area (Å²) in [5.74, 6) is -0.467. The summed E-state index contributed by atoms with van der Waals surface area (Å²) in [5, 5.41) is 3.99. The van der Waals surface area contributed by atoms with E-state index in [4.69, 9.17) is 4.74 Å². The zero-order valence-corrected chi connectivity index (χ0v) is 11.9. The maximum absolute atomic E-state index is 12.1. The molecule has 8 heteroatoms. The Morgan fingerprint density at radius 3 is 2.65 bits per heavy atom. The molecule has 1 aromatic heterocycles. The average Bonchev–Trinajstić information content (AvgIpc) is 3.06. The first-order valence-corrected chi connectivity index (χ1v) is 6.58. The molecule has 1 aliphatic rings. The molecule has 0 atom stereocenters. The van der Waals surface area contributed by atoms with Crippen LogP contribution in [0.25, 0.3) is 6.08 Å². The number of carbonyl (C=O) groups excluding carboxylic acids is 1. The van der Waals surface area contributed by atoms with Gasteiger partial charge in [0.05, 0.1) is 6.20 Å². The van der Waals surface area contributed by atoms with Gasteiger partial charge in [0.1, 0.15) is 5.75 Å². The van der Waals surface area contributed by atoms with E-state index in [-0.39, 0.29) is 17.3 Å². The Bertz CT molecular complexity index is 795. The van der Waals surface area contributed by atoms with Gasteiger partial charge in [-0.1, -0.05) is 0 Å². The third kappa shape index (κ3) is 3.42. The summed E-state index contributed by atoms with van der Waals surface area (Å²) in [6, 6.07) is 5.66. The van der Waals surface area contributed by atoms with Gasteiger partial charge in [-0.15, -0.1) is 0 Å². The number of hydrogen-bond acceptors (Lipinski definition) is 5. The normalized spacial score (nSPS) is 15.9. The molecule has 0 saturated heterocycles. The second-order valence-electron chi connectivity index (χ2n) is 4.69. The van der Waals surface area contributed by atoms with Crippen molar-refractivity contribution < 1.29 is 23.0 Å². The van der Waals surface area contributed by atoms with Gasteiger partial charge in [0.25, 0.3) is 0 Å². The van der Waals surface area contributed by atoms with Crippen LogP contribution in [0.4, 0.5) is 8.78 Å². The van der Waals surface area contributed by atoms with Gasteiger partial charge in [-0.05, 0) is 30.3 Å². The highest BCUT2D eigenvalue weighted by atomic mass is 19.3. The number of hydrogen-bond donors (Lipinski definition) is 0.